The summed E-state index contributed by atoms with van der Waals surface area (Å²) in [6, 6.07) is 7.65. The highest BCUT2D eigenvalue weighted by atomic mass is 19.1. The fourth-order valence-corrected chi connectivity index (χ4v) is 5.42. The van der Waals surface area contributed by atoms with E-state index in [-0.39, 0.29) is 22.5 Å². The summed E-state index contributed by atoms with van der Waals surface area (Å²) in [4.78, 5) is 0. The molecule has 2 saturated carbocycles. The maximum Gasteiger partial charge on any atom is 0.139 e. The molecule has 0 saturated heterocycles. The van der Waals surface area contributed by atoms with Crippen LogP contribution in [0.15, 0.2) is 42.5 Å². The van der Waals surface area contributed by atoms with E-state index >= 15 is 0 Å². The zero-order valence-corrected chi connectivity index (χ0v) is 18.2. The fraction of sp³-hybridized carbons (Fsp3) is 0.429. The summed E-state index contributed by atoms with van der Waals surface area (Å²) in [6.45, 7) is 3.48. The second kappa shape index (κ2) is 9.35. The zero-order valence-electron chi connectivity index (χ0n) is 18.2. The van der Waals surface area contributed by atoms with Gasteiger partial charge in [0.1, 0.15) is 17.5 Å². The van der Waals surface area contributed by atoms with Crippen LogP contribution in [-0.2, 0) is 0 Å². The molecule has 2 aliphatic carbocycles. The number of rotatable bonds is 2. The molecule has 31 heavy (non-hydrogen) atoms. The van der Waals surface area contributed by atoms with Crippen LogP contribution in [0.1, 0.15) is 73.6 Å². The monoisotopic (exact) mass is 422 g/mol. The number of halogens is 3. The van der Waals surface area contributed by atoms with E-state index in [0.29, 0.717) is 5.92 Å². The molecule has 0 aliphatic heterocycles. The highest BCUT2D eigenvalue weighted by Crippen LogP contribution is 2.47. The van der Waals surface area contributed by atoms with E-state index in [4.69, 9.17) is 0 Å². The first-order chi connectivity index (χ1) is 14.9. The van der Waals surface area contributed by atoms with Gasteiger partial charge in [-0.1, -0.05) is 30.1 Å². The Morgan fingerprint density at radius 1 is 0.839 bits per heavy atom. The molecule has 4 rings (SSSR count). The average molecular weight is 423 g/mol. The van der Waals surface area contributed by atoms with Crippen molar-refractivity contribution in [2.24, 2.45) is 17.8 Å². The molecule has 2 aromatic rings. The third-order valence-corrected chi connectivity index (χ3v) is 7.21. The van der Waals surface area contributed by atoms with Gasteiger partial charge in [-0.2, -0.15) is 0 Å². The van der Waals surface area contributed by atoms with Gasteiger partial charge in [-0.3, -0.25) is 0 Å². The Balaban J connectivity index is 1.46. The highest BCUT2D eigenvalue weighted by molar-refractivity contribution is 5.45. The second-order valence-corrected chi connectivity index (χ2v) is 9.18. The van der Waals surface area contributed by atoms with Gasteiger partial charge in [0.2, 0.25) is 0 Å². The Hall–Kier alpha value is -2.47. The molecule has 4 atom stereocenters. The summed E-state index contributed by atoms with van der Waals surface area (Å²) < 4.78 is 42.1. The molecule has 2 aliphatic rings. The molecule has 0 aromatic heterocycles. The molecular weight excluding hydrogens is 393 g/mol. The summed E-state index contributed by atoms with van der Waals surface area (Å²) in [5.41, 5.74) is 1.47. The molecule has 0 radical (unpaired) electrons. The summed E-state index contributed by atoms with van der Waals surface area (Å²) >= 11 is 0. The van der Waals surface area contributed by atoms with Gasteiger partial charge in [0.15, 0.2) is 0 Å². The lowest BCUT2D eigenvalue weighted by Gasteiger charge is -2.41. The van der Waals surface area contributed by atoms with Gasteiger partial charge >= 0.3 is 0 Å². The van der Waals surface area contributed by atoms with Crippen LogP contribution in [0.25, 0.3) is 0 Å². The van der Waals surface area contributed by atoms with Crippen LogP contribution in [0, 0.1) is 54.0 Å². The quantitative estimate of drug-likeness (QED) is 0.344. The third-order valence-electron chi connectivity index (χ3n) is 7.21. The van der Waals surface area contributed by atoms with Gasteiger partial charge in [-0.25, -0.2) is 13.2 Å². The minimum atomic E-state index is -0.643. The van der Waals surface area contributed by atoms with Crippen LogP contribution in [-0.4, -0.2) is 0 Å². The summed E-state index contributed by atoms with van der Waals surface area (Å²) in [5, 5.41) is 0. The summed E-state index contributed by atoms with van der Waals surface area (Å²) in [5.74, 6) is 6.44. The van der Waals surface area contributed by atoms with E-state index in [9.17, 15) is 13.2 Å². The molecule has 0 amide bonds. The Kier molecular flexibility index (Phi) is 6.56. The van der Waals surface area contributed by atoms with Gasteiger partial charge in [0.25, 0.3) is 0 Å². The van der Waals surface area contributed by atoms with Crippen molar-refractivity contribution in [1.82, 2.24) is 0 Å². The van der Waals surface area contributed by atoms with Crippen molar-refractivity contribution in [2.45, 2.75) is 58.3 Å². The molecule has 4 unspecified atom stereocenters. The lowest BCUT2D eigenvalue weighted by molar-refractivity contribution is 0.133. The first-order valence-corrected chi connectivity index (χ1v) is 11.3. The van der Waals surface area contributed by atoms with E-state index < -0.39 is 11.6 Å². The first-order valence-electron chi connectivity index (χ1n) is 11.3. The Labute approximate surface area is 183 Å². The third kappa shape index (κ3) is 4.90. The molecule has 0 N–H and O–H groups in total. The van der Waals surface area contributed by atoms with Gasteiger partial charge in [0.05, 0.1) is 5.56 Å². The molecule has 0 bridgehead atoms. The predicted octanol–water partition coefficient (Wildman–Crippen LogP) is 7.69. The molecule has 0 spiro atoms. The van der Waals surface area contributed by atoms with E-state index in [0.717, 1.165) is 36.2 Å². The SMILES string of the molecule is C/C=C/C1CCC2CC(c3ccc(C#Cc4cc(F)c(C)c(F)c4)c(F)c3)CCC2C1. The van der Waals surface area contributed by atoms with Gasteiger partial charge in [0, 0.05) is 11.1 Å². The minimum absolute atomic E-state index is 0.0360. The molecule has 0 nitrogen and oxygen atoms in total. The number of hydrogen-bond acceptors (Lipinski definition) is 0. The molecule has 2 aromatic carbocycles. The lowest BCUT2D eigenvalue weighted by Crippen LogP contribution is -2.30. The van der Waals surface area contributed by atoms with E-state index in [1.807, 2.05) is 6.07 Å². The van der Waals surface area contributed by atoms with Gasteiger partial charge in [-0.05, 0) is 106 Å². The standard InChI is InChI=1S/C28H29F3/c1-3-4-19-5-8-23-16-24(12-11-22(23)13-19)25-10-9-21(28(31)17-25)7-6-20-14-26(29)18(2)27(30)15-20/h3-4,9-10,14-15,17,19,22-24H,5,8,11-13,16H2,1-2H3/b4-3+. The lowest BCUT2D eigenvalue weighted by atomic mass is 9.64. The van der Waals surface area contributed by atoms with Crippen LogP contribution in [0.4, 0.5) is 13.2 Å². The van der Waals surface area contributed by atoms with Crippen molar-refractivity contribution >= 4 is 0 Å². The van der Waals surface area contributed by atoms with E-state index in [1.54, 1.807) is 12.1 Å². The topological polar surface area (TPSA) is 0 Å². The van der Waals surface area contributed by atoms with Gasteiger partial charge in [-0.15, -0.1) is 0 Å². The second-order valence-electron chi connectivity index (χ2n) is 9.18. The number of allylic oxidation sites excluding steroid dienone is 2. The van der Waals surface area contributed by atoms with Gasteiger partial charge < -0.3 is 0 Å². The maximum absolute atomic E-state index is 14.7. The van der Waals surface area contributed by atoms with E-state index in [1.165, 1.54) is 44.7 Å². The molecule has 2 fully saturated rings. The molecule has 3 heteroatoms. The largest absolute Gasteiger partial charge is 0.207 e. The van der Waals surface area contributed by atoms with Crippen molar-refractivity contribution in [3.63, 3.8) is 0 Å². The van der Waals surface area contributed by atoms with E-state index in [2.05, 4.69) is 30.9 Å². The van der Waals surface area contributed by atoms with Crippen molar-refractivity contribution in [1.29, 1.82) is 0 Å². The number of hydrogen-bond donors (Lipinski definition) is 0. The van der Waals surface area contributed by atoms with Crippen molar-refractivity contribution in [3.8, 4) is 11.8 Å². The number of fused-ring (bicyclic) bond motifs is 1. The number of benzene rings is 2. The van der Waals surface area contributed by atoms with Crippen LogP contribution in [0.5, 0.6) is 0 Å². The predicted molar refractivity (Wildman–Crippen MR) is 119 cm³/mol. The molecule has 162 valence electrons. The normalized spacial score (nSPS) is 25.7. The Bertz CT molecular complexity index is 1020. The summed E-state index contributed by atoms with van der Waals surface area (Å²) in [7, 11) is 0. The fourth-order valence-electron chi connectivity index (χ4n) is 5.42. The van der Waals surface area contributed by atoms with Crippen LogP contribution in [0.2, 0.25) is 0 Å². The molecule has 0 heterocycles. The van der Waals surface area contributed by atoms with Crippen LogP contribution < -0.4 is 0 Å². The minimum Gasteiger partial charge on any atom is -0.207 e. The zero-order chi connectivity index (χ0) is 22.0. The van der Waals surface area contributed by atoms with Crippen molar-refractivity contribution < 1.29 is 13.2 Å². The average Bonchev–Trinajstić information content (AvgIpc) is 2.76. The maximum atomic E-state index is 14.7. The van der Waals surface area contributed by atoms with Crippen LogP contribution in [0.3, 0.4) is 0 Å². The summed E-state index contributed by atoms with van der Waals surface area (Å²) in [6.07, 6.45) is 11.8. The first kappa shape index (κ1) is 21.8. The molecular formula is C28H29F3. The van der Waals surface area contributed by atoms with Crippen LogP contribution >= 0.6 is 0 Å². The highest BCUT2D eigenvalue weighted by Gasteiger charge is 2.35. The van der Waals surface area contributed by atoms with Crippen molar-refractivity contribution in [3.05, 3.63) is 82.2 Å². The smallest absolute Gasteiger partial charge is 0.139 e. The Morgan fingerprint density at radius 2 is 1.55 bits per heavy atom. The van der Waals surface area contributed by atoms with Crippen molar-refractivity contribution in [2.75, 3.05) is 0 Å². The Morgan fingerprint density at radius 3 is 2.26 bits per heavy atom.